The standard InChI is InChI=1S/C30H62O7/c1-27(23-29(3)31)15-13-21-33-17-9-5-7-11-19-35-25-37-26-36-20-12-8-6-10-18-34-22-14-16-28(2)24-30(4)32/h27-32H,5-26H2,1-4H3. The largest absolute Gasteiger partial charge is 0.393 e. The number of rotatable bonds is 30. The van der Waals surface area contributed by atoms with Crippen molar-refractivity contribution >= 4 is 0 Å². The molecule has 0 radical (unpaired) electrons. The first-order valence-corrected chi connectivity index (χ1v) is 15.2. The molecule has 0 amide bonds. The third-order valence-electron chi connectivity index (χ3n) is 6.45. The second kappa shape index (κ2) is 28.7. The molecule has 0 aliphatic heterocycles. The van der Waals surface area contributed by atoms with Crippen LogP contribution in [0, 0.1) is 11.8 Å². The average molecular weight is 535 g/mol. The van der Waals surface area contributed by atoms with Crippen LogP contribution in [0.2, 0.25) is 0 Å². The number of aliphatic hydroxyl groups excluding tert-OH is 2. The Morgan fingerprint density at radius 3 is 1.08 bits per heavy atom. The van der Waals surface area contributed by atoms with E-state index in [0.29, 0.717) is 25.4 Å². The Labute approximate surface area is 228 Å². The van der Waals surface area contributed by atoms with Gasteiger partial charge in [0.15, 0.2) is 0 Å². The third-order valence-corrected chi connectivity index (χ3v) is 6.45. The number of ether oxygens (including phenoxy) is 5. The molecule has 2 N–H and O–H groups in total. The Kier molecular flexibility index (Phi) is 28.5. The van der Waals surface area contributed by atoms with Crippen molar-refractivity contribution in [1.82, 2.24) is 0 Å². The molecule has 4 atom stereocenters. The van der Waals surface area contributed by atoms with Gasteiger partial charge in [-0.1, -0.05) is 39.5 Å². The van der Waals surface area contributed by atoms with Crippen molar-refractivity contribution in [3.8, 4) is 0 Å². The lowest BCUT2D eigenvalue weighted by atomic mass is 9.99. The maximum Gasteiger partial charge on any atom is 0.149 e. The minimum absolute atomic E-state index is 0.199. The van der Waals surface area contributed by atoms with Crippen LogP contribution in [0.15, 0.2) is 0 Å². The molecule has 0 aromatic carbocycles. The van der Waals surface area contributed by atoms with Gasteiger partial charge in [0.25, 0.3) is 0 Å². The molecular formula is C30H62O7. The fourth-order valence-electron chi connectivity index (χ4n) is 4.47. The Balaban J connectivity index is 3.11. The van der Waals surface area contributed by atoms with E-state index in [1.54, 1.807) is 0 Å². The van der Waals surface area contributed by atoms with Crippen LogP contribution in [0.25, 0.3) is 0 Å². The van der Waals surface area contributed by atoms with Gasteiger partial charge in [0.1, 0.15) is 13.6 Å². The molecule has 0 fully saturated rings. The Morgan fingerprint density at radius 2 is 0.730 bits per heavy atom. The SMILES string of the molecule is CC(O)CC(C)CCCOCCCCCCOCOCOCCCCCCOCCCC(C)CC(C)O. The van der Waals surface area contributed by atoms with Gasteiger partial charge in [-0.3, -0.25) is 0 Å². The van der Waals surface area contributed by atoms with Crippen molar-refractivity contribution in [1.29, 1.82) is 0 Å². The molecule has 7 heteroatoms. The molecule has 0 rings (SSSR count). The first kappa shape index (κ1) is 36.7. The summed E-state index contributed by atoms with van der Waals surface area (Å²) in [6, 6.07) is 0. The number of unbranched alkanes of at least 4 members (excludes halogenated alkanes) is 6. The molecule has 0 aromatic rings. The molecule has 0 saturated heterocycles. The monoisotopic (exact) mass is 534 g/mol. The number of hydrogen-bond donors (Lipinski definition) is 2. The van der Waals surface area contributed by atoms with Crippen LogP contribution in [0.1, 0.15) is 118 Å². The third kappa shape index (κ3) is 31.8. The van der Waals surface area contributed by atoms with Crippen LogP contribution in [-0.4, -0.2) is 75.6 Å². The van der Waals surface area contributed by atoms with Gasteiger partial charge in [-0.2, -0.15) is 0 Å². The Hall–Kier alpha value is -0.280. The molecule has 0 aliphatic carbocycles. The van der Waals surface area contributed by atoms with E-state index in [1.807, 2.05) is 13.8 Å². The fraction of sp³-hybridized carbons (Fsp3) is 1.00. The molecular weight excluding hydrogens is 472 g/mol. The first-order chi connectivity index (χ1) is 17.9. The molecule has 4 unspecified atom stereocenters. The van der Waals surface area contributed by atoms with Gasteiger partial charge in [0.2, 0.25) is 0 Å². The number of hydrogen-bond acceptors (Lipinski definition) is 7. The maximum atomic E-state index is 9.37. The van der Waals surface area contributed by atoms with Crippen molar-refractivity contribution in [3.05, 3.63) is 0 Å². The highest BCUT2D eigenvalue weighted by Crippen LogP contribution is 2.13. The minimum Gasteiger partial charge on any atom is -0.393 e. The van der Waals surface area contributed by atoms with Gasteiger partial charge >= 0.3 is 0 Å². The van der Waals surface area contributed by atoms with Crippen molar-refractivity contribution in [2.75, 3.05) is 53.2 Å². The summed E-state index contributed by atoms with van der Waals surface area (Å²) in [7, 11) is 0. The van der Waals surface area contributed by atoms with Crippen LogP contribution >= 0.6 is 0 Å². The lowest BCUT2D eigenvalue weighted by molar-refractivity contribution is -0.131. The van der Waals surface area contributed by atoms with E-state index in [-0.39, 0.29) is 12.2 Å². The fourth-order valence-corrected chi connectivity index (χ4v) is 4.47. The zero-order chi connectivity index (χ0) is 27.4. The van der Waals surface area contributed by atoms with Crippen LogP contribution < -0.4 is 0 Å². The predicted octanol–water partition coefficient (Wildman–Crippen LogP) is 6.48. The molecule has 0 heterocycles. The maximum absolute atomic E-state index is 9.37. The van der Waals surface area contributed by atoms with Crippen molar-refractivity contribution in [2.45, 2.75) is 130 Å². The zero-order valence-electron chi connectivity index (χ0n) is 24.8. The van der Waals surface area contributed by atoms with Gasteiger partial charge in [0.05, 0.1) is 12.2 Å². The summed E-state index contributed by atoms with van der Waals surface area (Å²) in [6.45, 7) is 13.5. The summed E-state index contributed by atoms with van der Waals surface area (Å²) in [6.07, 6.45) is 14.7. The van der Waals surface area contributed by atoms with E-state index in [2.05, 4.69) is 13.8 Å². The normalized spacial score (nSPS) is 15.1. The molecule has 0 aliphatic rings. The van der Waals surface area contributed by atoms with Crippen molar-refractivity contribution in [3.63, 3.8) is 0 Å². The summed E-state index contributed by atoms with van der Waals surface area (Å²) < 4.78 is 27.8. The minimum atomic E-state index is -0.199. The predicted molar refractivity (Wildman–Crippen MR) is 151 cm³/mol. The van der Waals surface area contributed by atoms with Crippen LogP contribution in [0.5, 0.6) is 0 Å². The van der Waals surface area contributed by atoms with E-state index in [0.717, 1.165) is 117 Å². The van der Waals surface area contributed by atoms with E-state index >= 15 is 0 Å². The Morgan fingerprint density at radius 1 is 0.405 bits per heavy atom. The Bertz CT molecular complexity index is 396. The average Bonchev–Trinajstić information content (AvgIpc) is 2.83. The lowest BCUT2D eigenvalue weighted by Crippen LogP contribution is -2.08. The lowest BCUT2D eigenvalue weighted by Gasteiger charge is -2.13. The van der Waals surface area contributed by atoms with Gasteiger partial charge in [0, 0.05) is 39.6 Å². The molecule has 7 nitrogen and oxygen atoms in total. The summed E-state index contributed by atoms with van der Waals surface area (Å²) in [4.78, 5) is 0. The van der Waals surface area contributed by atoms with E-state index in [1.165, 1.54) is 12.8 Å². The summed E-state index contributed by atoms with van der Waals surface area (Å²) in [5, 5.41) is 18.7. The van der Waals surface area contributed by atoms with E-state index < -0.39 is 0 Å². The summed E-state index contributed by atoms with van der Waals surface area (Å²) in [5.41, 5.74) is 0. The topological polar surface area (TPSA) is 86.6 Å². The first-order valence-electron chi connectivity index (χ1n) is 15.2. The highest BCUT2D eigenvalue weighted by atomic mass is 16.7. The molecule has 37 heavy (non-hydrogen) atoms. The molecule has 0 saturated carbocycles. The van der Waals surface area contributed by atoms with Gasteiger partial charge < -0.3 is 33.9 Å². The molecule has 224 valence electrons. The van der Waals surface area contributed by atoms with Crippen molar-refractivity contribution in [2.24, 2.45) is 11.8 Å². The van der Waals surface area contributed by atoms with Gasteiger partial charge in [-0.25, -0.2) is 0 Å². The van der Waals surface area contributed by atoms with Gasteiger partial charge in [-0.15, -0.1) is 0 Å². The molecule has 0 spiro atoms. The molecule has 0 aromatic heterocycles. The van der Waals surface area contributed by atoms with E-state index in [4.69, 9.17) is 23.7 Å². The quantitative estimate of drug-likeness (QED) is 0.0805. The zero-order valence-corrected chi connectivity index (χ0v) is 24.8. The summed E-state index contributed by atoms with van der Waals surface area (Å²) >= 11 is 0. The number of aliphatic hydroxyl groups is 2. The smallest absolute Gasteiger partial charge is 0.149 e. The molecule has 0 bridgehead atoms. The van der Waals surface area contributed by atoms with Crippen LogP contribution in [-0.2, 0) is 23.7 Å². The van der Waals surface area contributed by atoms with Gasteiger partial charge in [-0.05, 0) is 89.9 Å². The highest BCUT2D eigenvalue weighted by Gasteiger charge is 2.06. The van der Waals surface area contributed by atoms with E-state index in [9.17, 15) is 10.2 Å². The summed E-state index contributed by atoms with van der Waals surface area (Å²) in [5.74, 6) is 1.14. The second-order valence-corrected chi connectivity index (χ2v) is 11.0. The van der Waals surface area contributed by atoms with Crippen LogP contribution in [0.4, 0.5) is 0 Å². The van der Waals surface area contributed by atoms with Crippen LogP contribution in [0.3, 0.4) is 0 Å². The second-order valence-electron chi connectivity index (χ2n) is 11.0. The highest BCUT2D eigenvalue weighted by molar-refractivity contribution is 4.58. The van der Waals surface area contributed by atoms with Crippen molar-refractivity contribution < 1.29 is 33.9 Å².